The molecule has 0 spiro atoms. The zero-order valence-corrected chi connectivity index (χ0v) is 39.4. The first-order valence-electron chi connectivity index (χ1n) is 21.4. The fourth-order valence-electron chi connectivity index (χ4n) is 7.20. The first kappa shape index (κ1) is 51.1. The minimum atomic E-state index is -3.89. The van der Waals surface area contributed by atoms with Gasteiger partial charge >= 0.3 is 17.9 Å². The van der Waals surface area contributed by atoms with Crippen molar-refractivity contribution in [3.8, 4) is 5.75 Å². The molecule has 1 aromatic carbocycles. The lowest BCUT2D eigenvalue weighted by molar-refractivity contribution is -0.149. The van der Waals surface area contributed by atoms with Crippen LogP contribution in [0.1, 0.15) is 144 Å². The smallest absolute Gasteiger partial charge is 0.326 e. The number of carbonyl (C=O) groups excluding carboxylic acids is 4. The summed E-state index contributed by atoms with van der Waals surface area (Å²) in [6, 6.07) is 3.78. The van der Waals surface area contributed by atoms with Gasteiger partial charge in [-0.1, -0.05) is 72.3 Å². The average molecular weight is 872 g/mol. The highest BCUT2D eigenvalue weighted by Crippen LogP contribution is 2.43. The molecule has 2 aromatic heterocycles. The molecule has 340 valence electrons. The number of nitrogens with zero attached hydrogens (tertiary/aromatic N) is 4. The van der Waals surface area contributed by atoms with E-state index in [1.165, 1.54) is 13.3 Å². The van der Waals surface area contributed by atoms with Gasteiger partial charge in [-0.05, 0) is 78.5 Å². The highest BCUT2D eigenvalue weighted by Gasteiger charge is 2.43. The van der Waals surface area contributed by atoms with Gasteiger partial charge in [-0.3, -0.25) is 23.7 Å². The second-order valence-corrected chi connectivity index (χ2v) is 19.8. The predicted octanol–water partition coefficient (Wildman–Crippen LogP) is 8.21. The maximum absolute atomic E-state index is 14.8. The number of amides is 1. The normalized spacial score (nSPS) is 12.9. The van der Waals surface area contributed by atoms with Crippen LogP contribution in [0.15, 0.2) is 24.8 Å². The van der Waals surface area contributed by atoms with E-state index >= 15 is 0 Å². The van der Waals surface area contributed by atoms with Gasteiger partial charge in [-0.2, -0.15) is 0 Å². The van der Waals surface area contributed by atoms with Crippen molar-refractivity contribution in [1.29, 1.82) is 0 Å². The third-order valence-corrected chi connectivity index (χ3v) is 12.4. The number of hydrogen-bond donors (Lipinski definition) is 3. The fraction of sp³-hybridized carbons (Fsp3) is 0.659. The van der Waals surface area contributed by atoms with Crippen LogP contribution in [0.4, 0.5) is 5.82 Å². The Bertz CT molecular complexity index is 1970. The lowest BCUT2D eigenvalue weighted by atomic mass is 9.78. The molecule has 3 rings (SSSR count). The SMILES string of the molecule is CCCCCCOC(=O)C(C)(C)NP(=O)(CO[C@H](C)Cn1cnc2c(NC(=O)CC(C)(C)c3c(C)cc(C)cc3OC(C)=O)ncnc21)NC(C)(C)C(=O)OCCCCCC. The molecular formula is C44H70N7O9P. The van der Waals surface area contributed by atoms with Gasteiger partial charge < -0.3 is 28.8 Å². The minimum Gasteiger partial charge on any atom is -0.464 e. The molecule has 0 unspecified atom stereocenters. The van der Waals surface area contributed by atoms with Crippen molar-refractivity contribution in [3.05, 3.63) is 41.5 Å². The van der Waals surface area contributed by atoms with Gasteiger partial charge in [0.1, 0.15) is 29.5 Å². The number of aromatic nitrogens is 4. The number of rotatable bonds is 26. The second kappa shape index (κ2) is 22.7. The van der Waals surface area contributed by atoms with Crippen molar-refractivity contribution in [3.63, 3.8) is 0 Å². The molecule has 17 heteroatoms. The number of esters is 3. The number of nitrogens with one attached hydrogen (secondary N) is 3. The summed E-state index contributed by atoms with van der Waals surface area (Å²) in [7, 11) is -3.89. The number of hydrogen-bond acceptors (Lipinski definition) is 12. The second-order valence-electron chi connectivity index (χ2n) is 17.7. The van der Waals surface area contributed by atoms with E-state index < -0.39 is 54.3 Å². The van der Waals surface area contributed by atoms with Crippen LogP contribution in [-0.4, -0.2) is 80.1 Å². The minimum absolute atomic E-state index is 0.0470. The number of ether oxygens (including phenoxy) is 4. The summed E-state index contributed by atoms with van der Waals surface area (Å²) >= 11 is 0. The van der Waals surface area contributed by atoms with E-state index in [1.54, 1.807) is 51.6 Å². The standard InChI is InChI=1S/C44H70N7O9P/c1-13-15-17-19-21-57-40(54)43(9,10)49-61(56,50-44(11,12)41(55)58-22-20-18-16-14-2)29-59-32(5)26-51-28-47-37-38(45-27-46-39(37)51)48-35(53)25-42(7,8)36-31(4)23-30(3)24-34(36)60-33(6)52/h23-24,27-28,32H,13-22,25-26,29H2,1-12H3,(H2,49,50,56)(H,45,46,48,53)/t32-/m1/s1. The maximum Gasteiger partial charge on any atom is 0.326 e. The molecule has 0 saturated heterocycles. The first-order valence-corrected chi connectivity index (χ1v) is 23.3. The van der Waals surface area contributed by atoms with E-state index in [0.29, 0.717) is 16.9 Å². The van der Waals surface area contributed by atoms with Crippen molar-refractivity contribution in [2.24, 2.45) is 0 Å². The van der Waals surface area contributed by atoms with Gasteiger partial charge in [0, 0.05) is 24.3 Å². The number of unbranched alkanes of at least 4 members (excludes halogenated alkanes) is 6. The van der Waals surface area contributed by atoms with Crippen molar-refractivity contribution in [1.82, 2.24) is 29.7 Å². The Labute approximate surface area is 361 Å². The van der Waals surface area contributed by atoms with Crippen molar-refractivity contribution in [2.75, 3.05) is 24.9 Å². The van der Waals surface area contributed by atoms with E-state index in [0.717, 1.165) is 68.1 Å². The number of anilines is 1. The van der Waals surface area contributed by atoms with Gasteiger partial charge in [0.2, 0.25) is 13.4 Å². The number of benzene rings is 1. The van der Waals surface area contributed by atoms with Gasteiger partial charge in [0.05, 0.1) is 32.2 Å². The summed E-state index contributed by atoms with van der Waals surface area (Å²) in [6.45, 7) is 22.0. The van der Waals surface area contributed by atoms with Crippen LogP contribution in [0.2, 0.25) is 0 Å². The summed E-state index contributed by atoms with van der Waals surface area (Å²) in [5.41, 5.74) is -0.163. The van der Waals surface area contributed by atoms with Crippen molar-refractivity contribution in [2.45, 2.75) is 170 Å². The van der Waals surface area contributed by atoms with Gasteiger partial charge in [0.15, 0.2) is 17.0 Å². The van der Waals surface area contributed by atoms with Crippen LogP contribution in [0, 0.1) is 13.8 Å². The Kier molecular flexibility index (Phi) is 19.0. The number of carbonyl (C=O) groups is 4. The van der Waals surface area contributed by atoms with E-state index in [-0.39, 0.29) is 37.9 Å². The van der Waals surface area contributed by atoms with E-state index in [2.05, 4.69) is 44.3 Å². The zero-order valence-electron chi connectivity index (χ0n) is 38.5. The maximum atomic E-state index is 14.8. The number of imidazole rings is 1. The molecule has 1 amide bonds. The molecular weight excluding hydrogens is 801 g/mol. The first-order chi connectivity index (χ1) is 28.5. The van der Waals surface area contributed by atoms with Gasteiger partial charge in [0.25, 0.3) is 0 Å². The molecule has 0 aliphatic rings. The Hall–Kier alpha value is -4.24. The summed E-state index contributed by atoms with van der Waals surface area (Å²) < 4.78 is 39.4. The molecule has 0 saturated carbocycles. The summed E-state index contributed by atoms with van der Waals surface area (Å²) in [6.07, 6.45) is 9.42. The Morgan fingerprint density at radius 1 is 0.820 bits per heavy atom. The molecule has 3 N–H and O–H groups in total. The zero-order chi connectivity index (χ0) is 45.6. The largest absolute Gasteiger partial charge is 0.464 e. The quantitative estimate of drug-likeness (QED) is 0.0301. The average Bonchev–Trinajstić information content (AvgIpc) is 3.55. The van der Waals surface area contributed by atoms with Crippen LogP contribution in [-0.2, 0) is 49.9 Å². The van der Waals surface area contributed by atoms with Crippen LogP contribution in [0.5, 0.6) is 5.75 Å². The van der Waals surface area contributed by atoms with Gasteiger partial charge in [-0.25, -0.2) is 25.1 Å². The molecule has 0 aliphatic heterocycles. The highest BCUT2D eigenvalue weighted by atomic mass is 31.2. The summed E-state index contributed by atoms with van der Waals surface area (Å²) in [5, 5.41) is 8.81. The predicted molar refractivity (Wildman–Crippen MR) is 236 cm³/mol. The molecule has 0 radical (unpaired) electrons. The molecule has 0 bridgehead atoms. The fourth-order valence-corrected chi connectivity index (χ4v) is 9.84. The molecule has 2 heterocycles. The van der Waals surface area contributed by atoms with Crippen molar-refractivity contribution < 1.29 is 42.7 Å². The topological polar surface area (TPSA) is 202 Å². The Morgan fingerprint density at radius 2 is 1.39 bits per heavy atom. The number of fused-ring (bicyclic) bond motifs is 1. The monoisotopic (exact) mass is 871 g/mol. The molecule has 0 fully saturated rings. The van der Waals surface area contributed by atoms with E-state index in [1.807, 2.05) is 33.8 Å². The summed E-state index contributed by atoms with van der Waals surface area (Å²) in [5.74, 6) is -1.30. The van der Waals surface area contributed by atoms with Crippen LogP contribution >= 0.6 is 7.44 Å². The third kappa shape index (κ3) is 15.6. The van der Waals surface area contributed by atoms with E-state index in [9.17, 15) is 23.7 Å². The summed E-state index contributed by atoms with van der Waals surface area (Å²) in [4.78, 5) is 65.2. The Balaban J connectivity index is 1.77. The molecule has 1 atom stereocenters. The molecule has 3 aromatic rings. The molecule has 61 heavy (non-hydrogen) atoms. The van der Waals surface area contributed by atoms with Crippen LogP contribution < -0.4 is 20.2 Å². The van der Waals surface area contributed by atoms with Crippen molar-refractivity contribution >= 4 is 48.2 Å². The van der Waals surface area contributed by atoms with Gasteiger partial charge in [-0.15, -0.1) is 0 Å². The molecule has 16 nitrogen and oxygen atoms in total. The van der Waals surface area contributed by atoms with E-state index in [4.69, 9.17) is 18.9 Å². The van der Waals surface area contributed by atoms with Crippen LogP contribution in [0.3, 0.4) is 0 Å². The number of aryl methyl sites for hydroxylation is 2. The van der Waals surface area contributed by atoms with Crippen LogP contribution in [0.25, 0.3) is 11.2 Å². The Morgan fingerprint density at radius 3 is 1.93 bits per heavy atom. The highest BCUT2D eigenvalue weighted by molar-refractivity contribution is 7.59. The lowest BCUT2D eigenvalue weighted by Crippen LogP contribution is -2.54. The lowest BCUT2D eigenvalue weighted by Gasteiger charge is -2.35. The third-order valence-electron chi connectivity index (χ3n) is 10.0. The molecule has 0 aliphatic carbocycles.